The van der Waals surface area contributed by atoms with Gasteiger partial charge < -0.3 is 29.5 Å². The third-order valence-corrected chi connectivity index (χ3v) is 5.01. The number of aliphatic hydroxyl groups is 1. The molecule has 0 spiro atoms. The van der Waals surface area contributed by atoms with Crippen LogP contribution in [0.2, 0.25) is 0 Å². The predicted molar refractivity (Wildman–Crippen MR) is 134 cm³/mol. The second kappa shape index (κ2) is 13.7. The highest BCUT2D eigenvalue weighted by molar-refractivity contribution is 5.96. The lowest BCUT2D eigenvalue weighted by Gasteiger charge is -2.31. The summed E-state index contributed by atoms with van der Waals surface area (Å²) in [6.45, 7) is 10.5. The molecule has 1 atom stereocenters. The number of benzene rings is 1. The number of hydrogen-bond donors (Lipinski definition) is 3. The number of aliphatic hydroxyl groups excluding tert-OH is 1. The fraction of sp³-hybridized carbons (Fsp3) is 0.600. The average molecular weight is 507 g/mol. The minimum atomic E-state index is -1.34. The number of nitrogens with one attached hydrogen (secondary N) is 2. The van der Waals surface area contributed by atoms with Crippen molar-refractivity contribution in [2.75, 3.05) is 32.8 Å². The molecule has 36 heavy (non-hydrogen) atoms. The zero-order valence-electron chi connectivity index (χ0n) is 21.8. The number of guanidine groups is 1. The van der Waals surface area contributed by atoms with Crippen LogP contribution in [0.25, 0.3) is 0 Å². The Bertz CT molecular complexity index is 943. The first-order valence-corrected chi connectivity index (χ1v) is 12.1. The van der Waals surface area contributed by atoms with Crippen LogP contribution in [0.1, 0.15) is 52.2 Å². The first-order valence-electron chi connectivity index (χ1n) is 12.1. The Balaban J connectivity index is 1.92. The van der Waals surface area contributed by atoms with E-state index in [0.29, 0.717) is 50.7 Å². The first-order chi connectivity index (χ1) is 17.0. The van der Waals surface area contributed by atoms with Crippen molar-refractivity contribution < 1.29 is 33.7 Å². The van der Waals surface area contributed by atoms with Gasteiger partial charge in [-0.2, -0.15) is 0 Å². The van der Waals surface area contributed by atoms with Gasteiger partial charge >= 0.3 is 12.1 Å². The number of alkyl carbamates (subject to hydrolysis) is 1. The molecule has 0 fully saturated rings. The summed E-state index contributed by atoms with van der Waals surface area (Å²) in [7, 11) is 0. The van der Waals surface area contributed by atoms with Crippen LogP contribution in [0.15, 0.2) is 23.2 Å². The molecule has 0 unspecified atom stereocenters. The topological polar surface area (TPSA) is 139 Å². The SMILES string of the molecule is CCOC(=O)[C@H](O)COc1ccc2c(c1)CCN(C(=NCCCNC(=O)OC(C)(C)C)NC(C)=O)C2. The highest BCUT2D eigenvalue weighted by atomic mass is 16.6. The standard InChI is InChI=1S/C25H38N4O7/c1-6-34-22(32)21(31)16-35-20-9-8-19-15-29(13-10-18(19)14-20)23(28-17(2)30)26-11-7-12-27-24(33)36-25(3,4)5/h8-9,14,21,31H,6-7,10-13,15-16H2,1-5H3,(H,27,33)(H,26,28,30)/t21-/m1/s1. The van der Waals surface area contributed by atoms with Crippen molar-refractivity contribution in [3.63, 3.8) is 0 Å². The van der Waals surface area contributed by atoms with Crippen molar-refractivity contribution in [3.8, 4) is 5.75 Å². The Hall–Kier alpha value is -3.34. The molecule has 3 N–H and O–H groups in total. The quantitative estimate of drug-likeness (QED) is 0.199. The summed E-state index contributed by atoms with van der Waals surface area (Å²) in [5, 5.41) is 15.3. The van der Waals surface area contributed by atoms with Crippen molar-refractivity contribution >= 4 is 23.9 Å². The molecule has 0 aliphatic carbocycles. The maximum absolute atomic E-state index is 11.8. The first kappa shape index (κ1) is 28.9. The lowest BCUT2D eigenvalue weighted by Crippen LogP contribution is -2.45. The van der Waals surface area contributed by atoms with E-state index in [2.05, 4.69) is 15.6 Å². The largest absolute Gasteiger partial charge is 0.490 e. The molecule has 2 rings (SSSR count). The minimum absolute atomic E-state index is 0.189. The Kier molecular flexibility index (Phi) is 11.0. The molecule has 0 saturated heterocycles. The Labute approximate surface area is 212 Å². The molecule has 200 valence electrons. The molecular formula is C25H38N4O7. The van der Waals surface area contributed by atoms with Crippen molar-refractivity contribution in [1.82, 2.24) is 15.5 Å². The van der Waals surface area contributed by atoms with Crippen LogP contribution in [0.5, 0.6) is 5.75 Å². The van der Waals surface area contributed by atoms with Gasteiger partial charge in [-0.1, -0.05) is 6.07 Å². The summed E-state index contributed by atoms with van der Waals surface area (Å²) >= 11 is 0. The van der Waals surface area contributed by atoms with E-state index in [0.717, 1.165) is 11.1 Å². The number of esters is 1. The molecule has 1 aromatic rings. The Morgan fingerprint density at radius 3 is 2.64 bits per heavy atom. The molecule has 0 bridgehead atoms. The van der Waals surface area contributed by atoms with E-state index in [1.807, 2.05) is 17.0 Å². The lowest BCUT2D eigenvalue weighted by atomic mass is 9.99. The number of aliphatic imine (C=N–C) groups is 1. The summed E-state index contributed by atoms with van der Waals surface area (Å²) in [5.41, 5.74) is 1.59. The van der Waals surface area contributed by atoms with Gasteiger partial charge in [-0.15, -0.1) is 0 Å². The molecule has 1 aliphatic rings. The number of amides is 2. The summed E-state index contributed by atoms with van der Waals surface area (Å²) in [4.78, 5) is 41.6. The number of hydrogen-bond acceptors (Lipinski definition) is 8. The van der Waals surface area contributed by atoms with E-state index in [1.165, 1.54) is 6.92 Å². The van der Waals surface area contributed by atoms with Crippen LogP contribution in [-0.4, -0.2) is 78.5 Å². The highest BCUT2D eigenvalue weighted by Gasteiger charge is 2.22. The Morgan fingerprint density at radius 2 is 1.97 bits per heavy atom. The van der Waals surface area contributed by atoms with Crippen molar-refractivity contribution in [2.24, 2.45) is 4.99 Å². The number of fused-ring (bicyclic) bond motifs is 1. The smallest absolute Gasteiger partial charge is 0.407 e. The van der Waals surface area contributed by atoms with Gasteiger partial charge in [0, 0.05) is 33.1 Å². The van der Waals surface area contributed by atoms with Crippen LogP contribution in [0.4, 0.5) is 4.79 Å². The maximum atomic E-state index is 11.8. The van der Waals surface area contributed by atoms with Crippen LogP contribution in [-0.2, 0) is 32.0 Å². The second-order valence-corrected chi connectivity index (χ2v) is 9.35. The number of ether oxygens (including phenoxy) is 3. The normalized spacial score (nSPS) is 14.4. The van der Waals surface area contributed by atoms with Crippen molar-refractivity contribution in [2.45, 2.75) is 65.7 Å². The number of rotatable bonds is 9. The van der Waals surface area contributed by atoms with Gasteiger partial charge in [0.15, 0.2) is 6.10 Å². The van der Waals surface area contributed by atoms with Crippen LogP contribution in [0, 0.1) is 0 Å². The third kappa shape index (κ3) is 10.1. The van der Waals surface area contributed by atoms with E-state index in [9.17, 15) is 19.5 Å². The van der Waals surface area contributed by atoms with Gasteiger partial charge in [0.1, 0.15) is 18.0 Å². The predicted octanol–water partition coefficient (Wildman–Crippen LogP) is 1.75. The van der Waals surface area contributed by atoms with Gasteiger partial charge in [-0.3, -0.25) is 15.1 Å². The number of nitrogens with zero attached hydrogens (tertiary/aromatic N) is 2. The lowest BCUT2D eigenvalue weighted by molar-refractivity contribution is -0.154. The molecule has 1 aliphatic heterocycles. The molecule has 0 aromatic heterocycles. The van der Waals surface area contributed by atoms with E-state index < -0.39 is 23.8 Å². The zero-order chi connectivity index (χ0) is 26.7. The summed E-state index contributed by atoms with van der Waals surface area (Å²) in [6, 6.07) is 5.59. The second-order valence-electron chi connectivity index (χ2n) is 9.35. The van der Waals surface area contributed by atoms with Crippen molar-refractivity contribution in [3.05, 3.63) is 29.3 Å². The molecular weight excluding hydrogens is 468 g/mol. The fourth-order valence-corrected chi connectivity index (χ4v) is 3.43. The van der Waals surface area contributed by atoms with Gasteiger partial charge in [-0.25, -0.2) is 9.59 Å². The van der Waals surface area contributed by atoms with Crippen LogP contribution >= 0.6 is 0 Å². The van der Waals surface area contributed by atoms with E-state index in [4.69, 9.17) is 14.2 Å². The van der Waals surface area contributed by atoms with Gasteiger partial charge in [-0.05, 0) is 63.8 Å². The summed E-state index contributed by atoms with van der Waals surface area (Å²) in [6.07, 6.45) is -0.524. The van der Waals surface area contributed by atoms with Gasteiger partial charge in [0.2, 0.25) is 11.9 Å². The third-order valence-electron chi connectivity index (χ3n) is 5.01. The number of carbonyl (C=O) groups excluding carboxylic acids is 3. The van der Waals surface area contributed by atoms with Crippen LogP contribution < -0.4 is 15.4 Å². The van der Waals surface area contributed by atoms with Gasteiger partial charge in [0.05, 0.1) is 6.61 Å². The fourth-order valence-electron chi connectivity index (χ4n) is 3.43. The van der Waals surface area contributed by atoms with Gasteiger partial charge in [0.25, 0.3) is 0 Å². The van der Waals surface area contributed by atoms with E-state index in [-0.39, 0.29) is 19.1 Å². The molecule has 2 amide bonds. The summed E-state index contributed by atoms with van der Waals surface area (Å²) < 4.78 is 15.5. The molecule has 11 heteroatoms. The monoisotopic (exact) mass is 506 g/mol. The van der Waals surface area contributed by atoms with E-state index >= 15 is 0 Å². The van der Waals surface area contributed by atoms with Crippen molar-refractivity contribution in [1.29, 1.82) is 0 Å². The average Bonchev–Trinajstić information content (AvgIpc) is 2.79. The Morgan fingerprint density at radius 1 is 1.22 bits per heavy atom. The number of carbonyl (C=O) groups is 3. The molecule has 0 radical (unpaired) electrons. The molecule has 0 saturated carbocycles. The molecule has 11 nitrogen and oxygen atoms in total. The van der Waals surface area contributed by atoms with Crippen LogP contribution in [0.3, 0.4) is 0 Å². The highest BCUT2D eigenvalue weighted by Crippen LogP contribution is 2.24. The minimum Gasteiger partial charge on any atom is -0.490 e. The molecule has 1 aromatic carbocycles. The molecule has 1 heterocycles. The van der Waals surface area contributed by atoms with E-state index in [1.54, 1.807) is 33.8 Å². The zero-order valence-corrected chi connectivity index (χ0v) is 21.8. The maximum Gasteiger partial charge on any atom is 0.407 e. The summed E-state index contributed by atoms with van der Waals surface area (Å²) in [5.74, 6) is 0.119.